The molecule has 2 aliphatic rings. The summed E-state index contributed by atoms with van der Waals surface area (Å²) in [6, 6.07) is 7.60. The van der Waals surface area contributed by atoms with E-state index in [1.54, 1.807) is 7.11 Å². The zero-order chi connectivity index (χ0) is 23.8. The molecule has 9 heteroatoms. The molecule has 0 spiro atoms. The number of para-hydroxylation sites is 1. The number of piperidine rings is 1. The summed E-state index contributed by atoms with van der Waals surface area (Å²) in [6.07, 6.45) is 8.19. The van der Waals surface area contributed by atoms with Gasteiger partial charge in [-0.3, -0.25) is 9.48 Å². The highest BCUT2D eigenvalue weighted by Gasteiger charge is 2.32. The summed E-state index contributed by atoms with van der Waals surface area (Å²) >= 11 is 0. The molecule has 3 atom stereocenters. The lowest BCUT2D eigenvalue weighted by molar-refractivity contribution is -0.129. The van der Waals surface area contributed by atoms with Crippen LogP contribution in [0.2, 0.25) is 0 Å². The third-order valence-corrected chi connectivity index (χ3v) is 6.85. The Bertz CT molecular complexity index is 914. The van der Waals surface area contributed by atoms with Gasteiger partial charge in [-0.05, 0) is 57.3 Å². The van der Waals surface area contributed by atoms with Crippen LogP contribution < -0.4 is 10.1 Å². The second-order valence-electron chi connectivity index (χ2n) is 9.24. The van der Waals surface area contributed by atoms with Crippen molar-refractivity contribution >= 4 is 5.91 Å². The van der Waals surface area contributed by atoms with Crippen molar-refractivity contribution in [2.45, 2.75) is 69.7 Å². The number of carbonyl (C=O) groups excluding carboxylic acids is 1. The van der Waals surface area contributed by atoms with Crippen LogP contribution >= 0.6 is 0 Å². The first-order valence-electron chi connectivity index (χ1n) is 12.5. The number of hydrogen-bond acceptors (Lipinski definition) is 7. The van der Waals surface area contributed by atoms with Gasteiger partial charge in [-0.1, -0.05) is 23.8 Å². The Hall–Kier alpha value is -2.49. The molecular weight excluding hydrogens is 434 g/mol. The minimum Gasteiger partial charge on any atom is -0.496 e. The average molecular weight is 472 g/mol. The molecule has 2 saturated heterocycles. The van der Waals surface area contributed by atoms with Gasteiger partial charge in [0.25, 0.3) is 0 Å². The number of amides is 1. The Morgan fingerprint density at radius 1 is 1.21 bits per heavy atom. The van der Waals surface area contributed by atoms with Crippen molar-refractivity contribution in [3.8, 4) is 17.0 Å². The number of carbonyl (C=O) groups is 1. The summed E-state index contributed by atoms with van der Waals surface area (Å²) in [5, 5.41) is 21.5. The molecule has 1 aromatic heterocycles. The summed E-state index contributed by atoms with van der Waals surface area (Å²) < 4.78 is 13.4. The van der Waals surface area contributed by atoms with E-state index in [4.69, 9.17) is 9.47 Å². The first-order valence-corrected chi connectivity index (χ1v) is 12.5. The van der Waals surface area contributed by atoms with Crippen molar-refractivity contribution in [3.05, 3.63) is 30.5 Å². The van der Waals surface area contributed by atoms with Crippen LogP contribution in [-0.2, 0) is 16.1 Å². The molecule has 1 aromatic carbocycles. The molecule has 0 aliphatic carbocycles. The molecule has 186 valence electrons. The topological polar surface area (TPSA) is 102 Å². The van der Waals surface area contributed by atoms with E-state index >= 15 is 0 Å². The predicted octanol–water partition coefficient (Wildman–Crippen LogP) is 2.24. The van der Waals surface area contributed by atoms with E-state index in [1.807, 2.05) is 35.1 Å². The van der Waals surface area contributed by atoms with E-state index in [9.17, 15) is 9.90 Å². The summed E-state index contributed by atoms with van der Waals surface area (Å²) in [7, 11) is 1.64. The molecule has 4 rings (SSSR count). The number of benzene rings is 1. The van der Waals surface area contributed by atoms with E-state index in [-0.39, 0.29) is 30.8 Å². The molecule has 0 bridgehead atoms. The van der Waals surface area contributed by atoms with E-state index in [1.165, 1.54) is 19.3 Å². The average Bonchev–Trinajstić information content (AvgIpc) is 3.36. The smallest absolute Gasteiger partial charge is 0.221 e. The van der Waals surface area contributed by atoms with Gasteiger partial charge in [-0.15, -0.1) is 5.10 Å². The molecule has 0 saturated carbocycles. The van der Waals surface area contributed by atoms with Gasteiger partial charge in [0.1, 0.15) is 17.5 Å². The second-order valence-corrected chi connectivity index (χ2v) is 9.24. The Morgan fingerprint density at radius 3 is 2.82 bits per heavy atom. The van der Waals surface area contributed by atoms with Crippen LogP contribution in [-0.4, -0.2) is 82.5 Å². The number of hydrogen-bond donors (Lipinski definition) is 2. The minimum absolute atomic E-state index is 0.0116. The van der Waals surface area contributed by atoms with Gasteiger partial charge in [0.2, 0.25) is 5.91 Å². The van der Waals surface area contributed by atoms with E-state index < -0.39 is 0 Å². The van der Waals surface area contributed by atoms with Crippen molar-refractivity contribution in [1.29, 1.82) is 0 Å². The molecule has 2 aromatic rings. The third-order valence-electron chi connectivity index (χ3n) is 6.85. The van der Waals surface area contributed by atoms with Crippen molar-refractivity contribution in [1.82, 2.24) is 25.2 Å². The van der Waals surface area contributed by atoms with Gasteiger partial charge in [0, 0.05) is 25.1 Å². The number of aliphatic hydroxyl groups is 1. The second kappa shape index (κ2) is 12.3. The third kappa shape index (κ3) is 6.55. The highest BCUT2D eigenvalue weighted by molar-refractivity contribution is 5.76. The van der Waals surface area contributed by atoms with Gasteiger partial charge in [0.15, 0.2) is 0 Å². The maximum atomic E-state index is 12.5. The minimum atomic E-state index is -0.377. The molecule has 0 radical (unpaired) electrons. The molecule has 34 heavy (non-hydrogen) atoms. The monoisotopic (exact) mass is 471 g/mol. The number of methoxy groups -OCH3 is 1. The number of nitrogens with zero attached hydrogens (tertiary/aromatic N) is 4. The highest BCUT2D eigenvalue weighted by Crippen LogP contribution is 2.28. The number of aliphatic hydroxyl groups excluding tert-OH is 1. The fraction of sp³-hybridized carbons (Fsp3) is 0.640. The van der Waals surface area contributed by atoms with Crippen LogP contribution in [0.3, 0.4) is 0 Å². The number of likely N-dealkylation sites (tertiary alicyclic amines) is 1. The molecule has 0 unspecified atom stereocenters. The summed E-state index contributed by atoms with van der Waals surface area (Å²) in [4.78, 5) is 14.8. The summed E-state index contributed by atoms with van der Waals surface area (Å²) in [6.45, 7) is 3.55. The molecular formula is C25H37N5O4. The van der Waals surface area contributed by atoms with E-state index in [2.05, 4.69) is 20.5 Å². The van der Waals surface area contributed by atoms with Gasteiger partial charge in [-0.2, -0.15) is 0 Å². The zero-order valence-electron chi connectivity index (χ0n) is 20.1. The summed E-state index contributed by atoms with van der Waals surface area (Å²) in [5.74, 6) is 0.808. The lowest BCUT2D eigenvalue weighted by atomic mass is 9.97. The van der Waals surface area contributed by atoms with Crippen LogP contribution in [0.5, 0.6) is 5.75 Å². The standard InChI is InChI=1S/C25H37N5O4/c1-33-23-8-4-3-7-20(23)22-17-30(28-27-22)16-11-19-9-10-21(24(18-31)34-19)26-25(32)12-15-29-13-5-2-6-14-29/h3-4,7-8,17,19,21,24,31H,2,5-6,9-16,18H2,1H3,(H,26,32)/t19-,21+,24+/m0/s1. The Morgan fingerprint density at radius 2 is 2.03 bits per heavy atom. The molecule has 3 heterocycles. The quantitative estimate of drug-likeness (QED) is 0.548. The van der Waals surface area contributed by atoms with Crippen LogP contribution in [0.4, 0.5) is 0 Å². The van der Waals surface area contributed by atoms with Crippen LogP contribution in [0.25, 0.3) is 11.3 Å². The van der Waals surface area contributed by atoms with Crippen LogP contribution in [0.15, 0.2) is 30.5 Å². The maximum Gasteiger partial charge on any atom is 0.221 e. The van der Waals surface area contributed by atoms with E-state index in [0.29, 0.717) is 13.0 Å². The fourth-order valence-electron chi connectivity index (χ4n) is 4.89. The maximum absolute atomic E-state index is 12.5. The molecule has 2 fully saturated rings. The van der Waals surface area contributed by atoms with E-state index in [0.717, 1.165) is 55.9 Å². The van der Waals surface area contributed by atoms with Crippen molar-refractivity contribution in [3.63, 3.8) is 0 Å². The lowest BCUT2D eigenvalue weighted by Gasteiger charge is -2.36. The molecule has 9 nitrogen and oxygen atoms in total. The van der Waals surface area contributed by atoms with Crippen molar-refractivity contribution < 1.29 is 19.4 Å². The predicted molar refractivity (Wildman–Crippen MR) is 128 cm³/mol. The summed E-state index contributed by atoms with van der Waals surface area (Å²) in [5.41, 5.74) is 1.67. The van der Waals surface area contributed by atoms with Gasteiger partial charge >= 0.3 is 0 Å². The molecule has 2 N–H and O–H groups in total. The highest BCUT2D eigenvalue weighted by atomic mass is 16.5. The first kappa shape index (κ1) is 24.6. The SMILES string of the molecule is COc1ccccc1-c1cn(CC[C@@H]2CC[C@@H](NC(=O)CCN3CCCCC3)[C@@H](CO)O2)nn1. The fourth-order valence-corrected chi connectivity index (χ4v) is 4.89. The first-order chi connectivity index (χ1) is 16.7. The number of aryl methyl sites for hydroxylation is 1. The molecule has 1 amide bonds. The van der Waals surface area contributed by atoms with Gasteiger partial charge < -0.3 is 24.8 Å². The van der Waals surface area contributed by atoms with Gasteiger partial charge in [-0.25, -0.2) is 0 Å². The number of nitrogens with one attached hydrogen (secondary N) is 1. The lowest BCUT2D eigenvalue weighted by Crippen LogP contribution is -2.51. The molecule has 2 aliphatic heterocycles. The Kier molecular flexibility index (Phi) is 8.90. The van der Waals surface area contributed by atoms with Gasteiger partial charge in [0.05, 0.1) is 32.1 Å². The van der Waals surface area contributed by atoms with Crippen LogP contribution in [0, 0.1) is 0 Å². The van der Waals surface area contributed by atoms with Crippen LogP contribution in [0.1, 0.15) is 44.9 Å². The van der Waals surface area contributed by atoms with Crippen molar-refractivity contribution in [2.24, 2.45) is 0 Å². The normalized spacial score (nSPS) is 23.5. The number of aromatic nitrogens is 3. The largest absolute Gasteiger partial charge is 0.496 e. The zero-order valence-corrected chi connectivity index (χ0v) is 20.1. The number of rotatable bonds is 10. The van der Waals surface area contributed by atoms with Crippen molar-refractivity contribution in [2.75, 3.05) is 33.4 Å². The Balaban J connectivity index is 1.22. The number of ether oxygens (including phenoxy) is 2. The Labute approximate surface area is 201 Å².